The molecule has 1 fully saturated rings. The first-order valence-corrected chi connectivity index (χ1v) is 6.54. The van der Waals surface area contributed by atoms with Crippen LogP contribution in [-0.2, 0) is 5.41 Å². The largest absolute Gasteiger partial charge is 0.269 e. The summed E-state index contributed by atoms with van der Waals surface area (Å²) in [5, 5.41) is 10.7. The molecule has 0 N–H and O–H groups in total. The second-order valence-corrected chi connectivity index (χ2v) is 5.35. The fraction of sp³-hybridized carbons (Fsp3) is 0.375. The summed E-state index contributed by atoms with van der Waals surface area (Å²) >= 11 is 0. The van der Waals surface area contributed by atoms with Crippen LogP contribution in [0.15, 0.2) is 49.6 Å². The molecule has 2 rings (SSSR count). The molecule has 0 amide bonds. The number of benzene rings is 1. The lowest BCUT2D eigenvalue weighted by Gasteiger charge is -2.35. The molecule has 0 spiro atoms. The molecule has 0 unspecified atom stereocenters. The molecule has 1 aromatic carbocycles. The Morgan fingerprint density at radius 2 is 1.68 bits per heavy atom. The molecule has 1 aliphatic carbocycles. The van der Waals surface area contributed by atoms with Crippen LogP contribution in [-0.4, -0.2) is 4.92 Å². The number of nitro benzene ring substituents is 1. The van der Waals surface area contributed by atoms with Crippen LogP contribution in [0.5, 0.6) is 0 Å². The van der Waals surface area contributed by atoms with E-state index < -0.39 is 0 Å². The predicted octanol–water partition coefficient (Wildman–Crippen LogP) is 4.25. The maximum absolute atomic E-state index is 10.7. The Balaban J connectivity index is 2.43. The van der Waals surface area contributed by atoms with Crippen LogP contribution >= 0.6 is 0 Å². The Morgan fingerprint density at radius 3 is 2.05 bits per heavy atom. The highest BCUT2D eigenvalue weighted by Gasteiger charge is 2.44. The quantitative estimate of drug-likeness (QED) is 0.459. The molecule has 3 nitrogen and oxygen atoms in total. The molecule has 100 valence electrons. The van der Waals surface area contributed by atoms with Crippen LogP contribution in [0.3, 0.4) is 0 Å². The van der Waals surface area contributed by atoms with E-state index >= 15 is 0 Å². The van der Waals surface area contributed by atoms with Crippen molar-refractivity contribution in [2.45, 2.75) is 25.2 Å². The smallest absolute Gasteiger partial charge is 0.258 e. The number of non-ortho nitro benzene ring substituents is 1. The van der Waals surface area contributed by atoms with Crippen LogP contribution in [0, 0.1) is 22.0 Å². The van der Waals surface area contributed by atoms with Crippen LogP contribution in [0.4, 0.5) is 5.69 Å². The monoisotopic (exact) mass is 257 g/mol. The van der Waals surface area contributed by atoms with Gasteiger partial charge in [0.05, 0.1) is 4.92 Å². The highest BCUT2D eigenvalue weighted by Crippen LogP contribution is 2.50. The number of nitro groups is 1. The number of rotatable bonds is 4. The zero-order valence-electron chi connectivity index (χ0n) is 11.2. The lowest BCUT2D eigenvalue weighted by molar-refractivity contribution is -0.384. The van der Waals surface area contributed by atoms with E-state index in [2.05, 4.69) is 20.1 Å². The molecule has 0 bridgehead atoms. The van der Waals surface area contributed by atoms with Gasteiger partial charge in [-0.2, -0.15) is 0 Å². The van der Waals surface area contributed by atoms with Gasteiger partial charge in [-0.05, 0) is 30.2 Å². The van der Waals surface area contributed by atoms with Crippen molar-refractivity contribution in [2.75, 3.05) is 0 Å². The predicted molar refractivity (Wildman–Crippen MR) is 77.1 cm³/mol. The van der Waals surface area contributed by atoms with Crippen LogP contribution in [0.25, 0.3) is 0 Å². The molecular weight excluding hydrogens is 238 g/mol. The second kappa shape index (κ2) is 5.00. The normalized spacial score (nSPS) is 24.9. The highest BCUT2D eigenvalue weighted by molar-refractivity contribution is 5.39. The van der Waals surface area contributed by atoms with Gasteiger partial charge in [0.2, 0.25) is 0 Å². The SMILES string of the molecule is C=C[C@@H]1CC[C@@H](C=C)C1(C)c1ccc([N+](=O)[O-])cc1. The molecule has 2 atom stereocenters. The molecule has 0 heterocycles. The second-order valence-electron chi connectivity index (χ2n) is 5.35. The summed E-state index contributed by atoms with van der Waals surface area (Å²) in [6.45, 7) is 10.1. The van der Waals surface area contributed by atoms with Crippen LogP contribution in [0.2, 0.25) is 0 Å². The Bertz CT molecular complexity index is 488. The van der Waals surface area contributed by atoms with Gasteiger partial charge in [-0.15, -0.1) is 13.2 Å². The van der Waals surface area contributed by atoms with Crippen molar-refractivity contribution >= 4 is 5.69 Å². The lowest BCUT2D eigenvalue weighted by Crippen LogP contribution is -2.31. The van der Waals surface area contributed by atoms with Crippen LogP contribution in [0.1, 0.15) is 25.3 Å². The molecule has 1 aromatic rings. The Hall–Kier alpha value is -1.90. The minimum absolute atomic E-state index is 0.0569. The number of nitrogens with zero attached hydrogens (tertiary/aromatic N) is 1. The zero-order chi connectivity index (χ0) is 14.0. The molecule has 1 saturated carbocycles. The first-order chi connectivity index (χ1) is 9.03. The van der Waals surface area contributed by atoms with Gasteiger partial charge < -0.3 is 0 Å². The van der Waals surface area contributed by atoms with Crippen molar-refractivity contribution in [2.24, 2.45) is 11.8 Å². The summed E-state index contributed by atoms with van der Waals surface area (Å²) in [4.78, 5) is 10.4. The molecule has 0 radical (unpaired) electrons. The molecule has 19 heavy (non-hydrogen) atoms. The van der Waals surface area contributed by atoms with E-state index in [1.807, 2.05) is 24.3 Å². The number of hydrogen-bond donors (Lipinski definition) is 0. The van der Waals surface area contributed by atoms with E-state index in [4.69, 9.17) is 0 Å². The zero-order valence-corrected chi connectivity index (χ0v) is 11.2. The highest BCUT2D eigenvalue weighted by atomic mass is 16.6. The van der Waals surface area contributed by atoms with E-state index in [0.717, 1.165) is 18.4 Å². The fourth-order valence-corrected chi connectivity index (χ4v) is 3.33. The third kappa shape index (κ3) is 2.09. The summed E-state index contributed by atoms with van der Waals surface area (Å²) in [5.41, 5.74) is 1.21. The molecule has 3 heteroatoms. The van der Waals surface area contributed by atoms with Gasteiger partial charge >= 0.3 is 0 Å². The van der Waals surface area contributed by atoms with Crippen molar-refractivity contribution in [3.63, 3.8) is 0 Å². The molecule has 0 aromatic heterocycles. The average Bonchev–Trinajstić information content (AvgIpc) is 2.76. The van der Waals surface area contributed by atoms with Gasteiger partial charge in [-0.3, -0.25) is 10.1 Å². The summed E-state index contributed by atoms with van der Waals surface area (Å²) in [6, 6.07) is 6.91. The maximum atomic E-state index is 10.7. The summed E-state index contributed by atoms with van der Waals surface area (Å²) < 4.78 is 0. The Labute approximate surface area is 113 Å². The van der Waals surface area contributed by atoms with Gasteiger partial charge in [0, 0.05) is 17.5 Å². The van der Waals surface area contributed by atoms with Gasteiger partial charge in [-0.25, -0.2) is 0 Å². The van der Waals surface area contributed by atoms with E-state index in [0.29, 0.717) is 11.8 Å². The molecule has 1 aliphatic rings. The summed E-state index contributed by atoms with van der Waals surface area (Å²) in [6.07, 6.45) is 6.19. The first kappa shape index (κ1) is 13.5. The van der Waals surface area contributed by atoms with Gasteiger partial charge in [-0.1, -0.05) is 31.2 Å². The first-order valence-electron chi connectivity index (χ1n) is 6.54. The van der Waals surface area contributed by atoms with Crippen molar-refractivity contribution in [1.29, 1.82) is 0 Å². The Morgan fingerprint density at radius 1 is 1.21 bits per heavy atom. The topological polar surface area (TPSA) is 43.1 Å². The van der Waals surface area contributed by atoms with Gasteiger partial charge in [0.1, 0.15) is 0 Å². The average molecular weight is 257 g/mol. The van der Waals surface area contributed by atoms with E-state index in [1.54, 1.807) is 12.1 Å². The molecule has 0 saturated heterocycles. The number of allylic oxidation sites excluding steroid dienone is 2. The summed E-state index contributed by atoms with van der Waals surface area (Å²) in [5.74, 6) is 0.772. The summed E-state index contributed by atoms with van der Waals surface area (Å²) in [7, 11) is 0. The third-order valence-electron chi connectivity index (χ3n) is 4.60. The lowest BCUT2D eigenvalue weighted by atomic mass is 9.68. The van der Waals surface area contributed by atoms with Crippen molar-refractivity contribution in [3.8, 4) is 0 Å². The Kier molecular flexibility index (Phi) is 3.56. The number of hydrogen-bond acceptors (Lipinski definition) is 2. The van der Waals surface area contributed by atoms with E-state index in [9.17, 15) is 10.1 Å². The van der Waals surface area contributed by atoms with E-state index in [-0.39, 0.29) is 16.0 Å². The standard InChI is InChI=1S/C16H19NO2/c1-4-12-6-7-13(5-2)16(12,3)14-8-10-15(11-9-14)17(18)19/h4-5,8-13H,1-2,6-7H2,3H3/t12-,13-/m1/s1. The van der Waals surface area contributed by atoms with Gasteiger partial charge in [0.15, 0.2) is 0 Å². The van der Waals surface area contributed by atoms with Crippen molar-refractivity contribution in [3.05, 3.63) is 65.3 Å². The minimum Gasteiger partial charge on any atom is -0.258 e. The molecular formula is C16H19NO2. The maximum Gasteiger partial charge on any atom is 0.269 e. The minimum atomic E-state index is -0.364. The third-order valence-corrected chi connectivity index (χ3v) is 4.60. The van der Waals surface area contributed by atoms with Gasteiger partial charge in [0.25, 0.3) is 5.69 Å². The fourth-order valence-electron chi connectivity index (χ4n) is 3.33. The van der Waals surface area contributed by atoms with E-state index in [1.165, 1.54) is 0 Å². The van der Waals surface area contributed by atoms with Crippen molar-refractivity contribution < 1.29 is 4.92 Å². The van der Waals surface area contributed by atoms with Crippen LogP contribution < -0.4 is 0 Å². The van der Waals surface area contributed by atoms with Crippen molar-refractivity contribution in [1.82, 2.24) is 0 Å². The molecule has 0 aliphatic heterocycles.